The molecule has 0 saturated carbocycles. The molecule has 2 aromatic rings. The summed E-state index contributed by atoms with van der Waals surface area (Å²) in [7, 11) is 0. The van der Waals surface area contributed by atoms with Gasteiger partial charge in [-0.25, -0.2) is 0 Å². The van der Waals surface area contributed by atoms with Crippen molar-refractivity contribution in [3.63, 3.8) is 0 Å². The van der Waals surface area contributed by atoms with E-state index in [0.717, 1.165) is 30.4 Å². The molecule has 0 radical (unpaired) electrons. The number of fused-ring (bicyclic) bond motifs is 1. The minimum atomic E-state index is 0. The molecule has 1 aliphatic rings. The van der Waals surface area contributed by atoms with Gasteiger partial charge in [0, 0.05) is 12.6 Å². The van der Waals surface area contributed by atoms with Gasteiger partial charge in [-0.2, -0.15) is 0 Å². The van der Waals surface area contributed by atoms with E-state index in [9.17, 15) is 4.79 Å². The standard InChI is InChI=1S/C13H14N2O.ClH/c16-13-6-5-10-3-1-2-4-12(10)15(13)11-7-8-14-9-11;/h1-6,11,14H,7-9H2;1H. The maximum atomic E-state index is 12.0. The highest BCUT2D eigenvalue weighted by atomic mass is 35.5. The molecule has 1 aromatic carbocycles. The van der Waals surface area contributed by atoms with Gasteiger partial charge in [0.25, 0.3) is 5.56 Å². The molecule has 1 atom stereocenters. The highest BCUT2D eigenvalue weighted by molar-refractivity contribution is 5.85. The molecule has 1 unspecified atom stereocenters. The van der Waals surface area contributed by atoms with E-state index >= 15 is 0 Å². The van der Waals surface area contributed by atoms with E-state index in [1.807, 2.05) is 34.9 Å². The van der Waals surface area contributed by atoms with Crippen molar-refractivity contribution in [2.45, 2.75) is 12.5 Å². The highest BCUT2D eigenvalue weighted by Crippen LogP contribution is 2.19. The molecule has 17 heavy (non-hydrogen) atoms. The first-order valence-corrected chi connectivity index (χ1v) is 5.67. The molecular formula is C13H15ClN2O. The van der Waals surface area contributed by atoms with Gasteiger partial charge in [0.05, 0.1) is 11.6 Å². The van der Waals surface area contributed by atoms with E-state index in [2.05, 4.69) is 5.32 Å². The Labute approximate surface area is 106 Å². The van der Waals surface area contributed by atoms with Crippen LogP contribution >= 0.6 is 12.4 Å². The van der Waals surface area contributed by atoms with Crippen LogP contribution in [0.3, 0.4) is 0 Å². The molecule has 1 fully saturated rings. The zero-order valence-corrected chi connectivity index (χ0v) is 10.2. The molecule has 1 saturated heterocycles. The first-order valence-electron chi connectivity index (χ1n) is 5.67. The van der Waals surface area contributed by atoms with Gasteiger partial charge in [-0.15, -0.1) is 12.4 Å². The molecule has 0 amide bonds. The average molecular weight is 251 g/mol. The minimum absolute atomic E-state index is 0. The van der Waals surface area contributed by atoms with Crippen molar-refractivity contribution in [1.82, 2.24) is 9.88 Å². The Balaban J connectivity index is 0.00000108. The summed E-state index contributed by atoms with van der Waals surface area (Å²) in [6.45, 7) is 1.90. The third kappa shape index (κ3) is 2.08. The number of para-hydroxylation sites is 1. The molecule has 90 valence electrons. The summed E-state index contributed by atoms with van der Waals surface area (Å²) in [6, 6.07) is 11.9. The summed E-state index contributed by atoms with van der Waals surface area (Å²) in [5, 5.41) is 4.44. The van der Waals surface area contributed by atoms with Gasteiger partial charge in [-0.05, 0) is 30.5 Å². The minimum Gasteiger partial charge on any atom is -0.315 e. The van der Waals surface area contributed by atoms with Gasteiger partial charge in [0.1, 0.15) is 0 Å². The topological polar surface area (TPSA) is 34.0 Å². The van der Waals surface area contributed by atoms with Gasteiger partial charge >= 0.3 is 0 Å². The summed E-state index contributed by atoms with van der Waals surface area (Å²) in [5.74, 6) is 0. The normalized spacial score (nSPS) is 19.2. The van der Waals surface area contributed by atoms with Crippen molar-refractivity contribution in [2.75, 3.05) is 13.1 Å². The molecule has 2 heterocycles. The highest BCUT2D eigenvalue weighted by Gasteiger charge is 2.18. The molecule has 1 aromatic heterocycles. The number of hydrogen-bond acceptors (Lipinski definition) is 2. The van der Waals surface area contributed by atoms with E-state index in [4.69, 9.17) is 0 Å². The van der Waals surface area contributed by atoms with Crippen molar-refractivity contribution in [1.29, 1.82) is 0 Å². The second kappa shape index (κ2) is 4.90. The van der Waals surface area contributed by atoms with Crippen molar-refractivity contribution >= 4 is 23.3 Å². The number of rotatable bonds is 1. The lowest BCUT2D eigenvalue weighted by atomic mass is 10.1. The molecule has 3 rings (SSSR count). The number of halogens is 1. The quantitative estimate of drug-likeness (QED) is 0.840. The SMILES string of the molecule is Cl.O=c1ccc2ccccc2n1C1CCNC1. The van der Waals surface area contributed by atoms with Crippen molar-refractivity contribution in [3.8, 4) is 0 Å². The van der Waals surface area contributed by atoms with Crippen LogP contribution in [0.5, 0.6) is 0 Å². The fourth-order valence-corrected chi connectivity index (χ4v) is 2.44. The van der Waals surface area contributed by atoms with Gasteiger partial charge in [-0.1, -0.05) is 18.2 Å². The van der Waals surface area contributed by atoms with Crippen LogP contribution in [0.2, 0.25) is 0 Å². The molecule has 1 N–H and O–H groups in total. The molecule has 0 spiro atoms. The van der Waals surface area contributed by atoms with Crippen LogP contribution in [-0.4, -0.2) is 17.7 Å². The van der Waals surface area contributed by atoms with Crippen LogP contribution < -0.4 is 10.9 Å². The number of nitrogens with zero attached hydrogens (tertiary/aromatic N) is 1. The van der Waals surface area contributed by atoms with Crippen molar-refractivity contribution in [3.05, 3.63) is 46.8 Å². The summed E-state index contributed by atoms with van der Waals surface area (Å²) in [4.78, 5) is 12.0. The lowest BCUT2D eigenvalue weighted by Gasteiger charge is -2.15. The van der Waals surface area contributed by atoms with E-state index < -0.39 is 0 Å². The molecule has 0 aliphatic carbocycles. The van der Waals surface area contributed by atoms with Crippen LogP contribution in [0.15, 0.2) is 41.2 Å². The Bertz CT molecular complexity index is 573. The Morgan fingerprint density at radius 2 is 2.00 bits per heavy atom. The maximum absolute atomic E-state index is 12.0. The Morgan fingerprint density at radius 1 is 1.18 bits per heavy atom. The van der Waals surface area contributed by atoms with Crippen molar-refractivity contribution in [2.24, 2.45) is 0 Å². The zero-order valence-electron chi connectivity index (χ0n) is 9.43. The Kier molecular flexibility index (Phi) is 3.50. The number of aromatic nitrogens is 1. The zero-order chi connectivity index (χ0) is 11.0. The van der Waals surface area contributed by atoms with E-state index in [0.29, 0.717) is 6.04 Å². The number of hydrogen-bond donors (Lipinski definition) is 1. The number of nitrogens with one attached hydrogen (secondary N) is 1. The Morgan fingerprint density at radius 3 is 2.76 bits per heavy atom. The predicted molar refractivity (Wildman–Crippen MR) is 72.0 cm³/mol. The third-order valence-electron chi connectivity index (χ3n) is 3.24. The molecule has 4 heteroatoms. The lowest BCUT2D eigenvalue weighted by Crippen LogP contribution is -2.25. The molecule has 3 nitrogen and oxygen atoms in total. The van der Waals surface area contributed by atoms with Crippen LogP contribution in [0.1, 0.15) is 12.5 Å². The van der Waals surface area contributed by atoms with Crippen LogP contribution in [0.25, 0.3) is 10.9 Å². The third-order valence-corrected chi connectivity index (χ3v) is 3.24. The maximum Gasteiger partial charge on any atom is 0.251 e. The second-order valence-corrected chi connectivity index (χ2v) is 4.25. The summed E-state index contributed by atoms with van der Waals surface area (Å²) in [6.07, 6.45) is 1.04. The first kappa shape index (κ1) is 12.1. The fraction of sp³-hybridized carbons (Fsp3) is 0.308. The van der Waals surface area contributed by atoms with Gasteiger partial charge in [-0.3, -0.25) is 4.79 Å². The summed E-state index contributed by atoms with van der Waals surface area (Å²) < 4.78 is 1.93. The fourth-order valence-electron chi connectivity index (χ4n) is 2.44. The first-order chi connectivity index (χ1) is 7.86. The summed E-state index contributed by atoms with van der Waals surface area (Å²) >= 11 is 0. The van der Waals surface area contributed by atoms with Crippen LogP contribution in [0, 0.1) is 0 Å². The largest absolute Gasteiger partial charge is 0.315 e. The molecular weight excluding hydrogens is 236 g/mol. The smallest absolute Gasteiger partial charge is 0.251 e. The number of pyridine rings is 1. The summed E-state index contributed by atoms with van der Waals surface area (Å²) in [5.41, 5.74) is 1.15. The second-order valence-electron chi connectivity index (χ2n) is 4.25. The molecule has 1 aliphatic heterocycles. The lowest BCUT2D eigenvalue weighted by molar-refractivity contribution is 0.548. The molecule has 0 bridgehead atoms. The van der Waals surface area contributed by atoms with Crippen LogP contribution in [-0.2, 0) is 0 Å². The van der Waals surface area contributed by atoms with Gasteiger partial charge < -0.3 is 9.88 Å². The Hall–Kier alpha value is -1.32. The predicted octanol–water partition coefficient (Wildman–Crippen LogP) is 1.96. The van der Waals surface area contributed by atoms with E-state index in [1.165, 1.54) is 0 Å². The average Bonchev–Trinajstić information content (AvgIpc) is 2.82. The van der Waals surface area contributed by atoms with E-state index in [-0.39, 0.29) is 18.0 Å². The van der Waals surface area contributed by atoms with E-state index in [1.54, 1.807) is 6.07 Å². The monoisotopic (exact) mass is 250 g/mol. The van der Waals surface area contributed by atoms with Crippen molar-refractivity contribution < 1.29 is 0 Å². The van der Waals surface area contributed by atoms with Gasteiger partial charge in [0.15, 0.2) is 0 Å². The van der Waals surface area contributed by atoms with Gasteiger partial charge in [0.2, 0.25) is 0 Å². The van der Waals surface area contributed by atoms with Crippen LogP contribution in [0.4, 0.5) is 0 Å². The number of benzene rings is 1.